The number of hydrogen-bond donors (Lipinski definition) is 1. The number of aromatic nitrogens is 2. The predicted octanol–water partition coefficient (Wildman–Crippen LogP) is 3.15. The van der Waals surface area contributed by atoms with Gasteiger partial charge >= 0.3 is 11.6 Å². The first-order valence-corrected chi connectivity index (χ1v) is 8.91. The molecule has 2 heterocycles. The Morgan fingerprint density at radius 1 is 1.11 bits per heavy atom. The van der Waals surface area contributed by atoms with E-state index in [0.29, 0.717) is 5.58 Å². The van der Waals surface area contributed by atoms with E-state index in [9.17, 15) is 9.59 Å². The first-order chi connectivity index (χ1) is 12.9. The fourth-order valence-electron chi connectivity index (χ4n) is 2.95. The van der Waals surface area contributed by atoms with Crippen LogP contribution in [0.3, 0.4) is 0 Å². The lowest BCUT2D eigenvalue weighted by Crippen LogP contribution is -2.19. The highest BCUT2D eigenvalue weighted by Crippen LogP contribution is 2.23. The van der Waals surface area contributed by atoms with E-state index in [-0.39, 0.29) is 11.4 Å². The van der Waals surface area contributed by atoms with Gasteiger partial charge in [-0.2, -0.15) is 5.10 Å². The molecule has 2 aromatic carbocycles. The second kappa shape index (κ2) is 6.55. The second-order valence-electron chi connectivity index (χ2n) is 6.14. The number of furan rings is 1. The van der Waals surface area contributed by atoms with E-state index >= 15 is 0 Å². The van der Waals surface area contributed by atoms with Gasteiger partial charge in [0.05, 0.1) is 17.2 Å². The van der Waals surface area contributed by atoms with Gasteiger partial charge in [0.2, 0.25) is 0 Å². The number of imidazole rings is 1. The van der Waals surface area contributed by atoms with E-state index < -0.39 is 5.91 Å². The molecule has 1 amide bonds. The summed E-state index contributed by atoms with van der Waals surface area (Å²) < 4.78 is 9.59. The fourth-order valence-corrected chi connectivity index (χ4v) is 3.33. The molecule has 0 spiro atoms. The Morgan fingerprint density at radius 2 is 1.89 bits per heavy atom. The Bertz CT molecular complexity index is 1280. The maximum absolute atomic E-state index is 12.2. The van der Waals surface area contributed by atoms with Crippen LogP contribution in [-0.2, 0) is 14.1 Å². The van der Waals surface area contributed by atoms with Crippen LogP contribution in [0.2, 0.25) is 0 Å². The zero-order valence-electron chi connectivity index (χ0n) is 14.6. The molecule has 0 fully saturated rings. The quantitative estimate of drug-likeness (QED) is 0.403. The summed E-state index contributed by atoms with van der Waals surface area (Å²) in [6.07, 6.45) is 1.52. The Balaban J connectivity index is 1.54. The van der Waals surface area contributed by atoms with Gasteiger partial charge in [0, 0.05) is 24.0 Å². The average molecular weight is 427 g/mol. The highest BCUT2D eigenvalue weighted by Gasteiger charge is 2.12. The van der Waals surface area contributed by atoms with Crippen LogP contribution in [0, 0.1) is 0 Å². The highest BCUT2D eigenvalue weighted by atomic mass is 79.9. The molecule has 0 atom stereocenters. The molecule has 27 heavy (non-hydrogen) atoms. The molecule has 0 saturated heterocycles. The number of halogens is 1. The van der Waals surface area contributed by atoms with Crippen molar-refractivity contribution in [2.24, 2.45) is 19.2 Å². The van der Waals surface area contributed by atoms with Gasteiger partial charge in [0.15, 0.2) is 5.76 Å². The van der Waals surface area contributed by atoms with E-state index in [1.54, 1.807) is 35.4 Å². The van der Waals surface area contributed by atoms with Crippen molar-refractivity contribution in [3.05, 3.63) is 68.7 Å². The number of hydrogen-bond acceptors (Lipinski definition) is 4. The number of fused-ring (bicyclic) bond motifs is 2. The van der Waals surface area contributed by atoms with Gasteiger partial charge in [-0.3, -0.25) is 13.9 Å². The lowest BCUT2D eigenvalue weighted by molar-refractivity contribution is 0.0929. The largest absolute Gasteiger partial charge is 0.451 e. The number of aryl methyl sites for hydroxylation is 2. The van der Waals surface area contributed by atoms with Crippen LogP contribution >= 0.6 is 15.9 Å². The van der Waals surface area contributed by atoms with Crippen LogP contribution in [0.1, 0.15) is 16.1 Å². The minimum atomic E-state index is -0.438. The molecule has 136 valence electrons. The molecule has 0 unspecified atom stereocenters. The van der Waals surface area contributed by atoms with Gasteiger partial charge < -0.3 is 4.42 Å². The van der Waals surface area contributed by atoms with Gasteiger partial charge in [0.25, 0.3) is 0 Å². The molecule has 4 aromatic rings. The van der Waals surface area contributed by atoms with E-state index in [0.717, 1.165) is 26.5 Å². The molecular formula is C19H15BrN4O3. The molecule has 0 aliphatic carbocycles. The molecule has 0 aliphatic rings. The lowest BCUT2D eigenvalue weighted by atomic mass is 10.2. The number of carbonyl (C=O) groups excluding carboxylic acids is 1. The molecule has 7 nitrogen and oxygen atoms in total. The lowest BCUT2D eigenvalue weighted by Gasteiger charge is -1.98. The zero-order chi connectivity index (χ0) is 19.1. The third-order valence-corrected chi connectivity index (χ3v) is 4.87. The number of hydrazone groups is 1. The third-order valence-electron chi connectivity index (χ3n) is 4.38. The third kappa shape index (κ3) is 3.08. The standard InChI is InChI=1S/C19H15BrN4O3/c1-23-14-5-3-11(7-15(14)24(2)19(23)26)10-21-22-18(25)17-9-12-8-13(20)4-6-16(12)27-17/h3-10H,1-2H3,(H,22,25). The van der Waals surface area contributed by atoms with Crippen LogP contribution in [0.4, 0.5) is 0 Å². The first-order valence-electron chi connectivity index (χ1n) is 8.12. The summed E-state index contributed by atoms with van der Waals surface area (Å²) in [5.74, 6) is -0.257. The summed E-state index contributed by atoms with van der Waals surface area (Å²) in [6.45, 7) is 0. The number of carbonyl (C=O) groups is 1. The summed E-state index contributed by atoms with van der Waals surface area (Å²) in [5.41, 5.74) is 5.37. The number of amides is 1. The van der Waals surface area contributed by atoms with Crippen LogP contribution in [0.25, 0.3) is 22.0 Å². The molecular weight excluding hydrogens is 412 g/mol. The zero-order valence-corrected chi connectivity index (χ0v) is 16.1. The SMILES string of the molecule is Cn1c(=O)n(C)c2cc(C=NNC(=O)c3cc4cc(Br)ccc4o3)ccc21. The van der Waals surface area contributed by atoms with Crippen molar-refractivity contribution in [2.45, 2.75) is 0 Å². The Kier molecular flexibility index (Phi) is 4.19. The fraction of sp³-hybridized carbons (Fsp3) is 0.105. The summed E-state index contributed by atoms with van der Waals surface area (Å²) in [4.78, 5) is 24.2. The smallest absolute Gasteiger partial charge is 0.328 e. The molecule has 0 aliphatic heterocycles. The van der Waals surface area contributed by atoms with Gasteiger partial charge in [-0.25, -0.2) is 10.2 Å². The highest BCUT2D eigenvalue weighted by molar-refractivity contribution is 9.10. The molecule has 0 bridgehead atoms. The van der Waals surface area contributed by atoms with Gasteiger partial charge in [-0.05, 0) is 42.0 Å². The van der Waals surface area contributed by atoms with Crippen molar-refractivity contribution in [1.82, 2.24) is 14.6 Å². The summed E-state index contributed by atoms with van der Waals surface area (Å²) in [7, 11) is 3.44. The van der Waals surface area contributed by atoms with Crippen molar-refractivity contribution in [1.29, 1.82) is 0 Å². The minimum Gasteiger partial charge on any atom is -0.451 e. The Hall–Kier alpha value is -3.13. The van der Waals surface area contributed by atoms with Gasteiger partial charge in [-0.15, -0.1) is 0 Å². The summed E-state index contributed by atoms with van der Waals surface area (Å²) in [6, 6.07) is 12.7. The van der Waals surface area contributed by atoms with E-state index in [1.165, 1.54) is 6.21 Å². The monoisotopic (exact) mass is 426 g/mol. The predicted molar refractivity (Wildman–Crippen MR) is 107 cm³/mol. The van der Waals surface area contributed by atoms with Gasteiger partial charge in [0.1, 0.15) is 5.58 Å². The minimum absolute atomic E-state index is 0.0936. The number of benzene rings is 2. The molecule has 1 N–H and O–H groups in total. The molecule has 0 saturated carbocycles. The van der Waals surface area contributed by atoms with Crippen molar-refractivity contribution in [3.63, 3.8) is 0 Å². The summed E-state index contributed by atoms with van der Waals surface area (Å²) >= 11 is 3.39. The maximum atomic E-state index is 12.2. The summed E-state index contributed by atoms with van der Waals surface area (Å²) in [5, 5.41) is 4.81. The van der Waals surface area contributed by atoms with Crippen LogP contribution in [0.5, 0.6) is 0 Å². The van der Waals surface area contributed by atoms with Crippen LogP contribution in [0.15, 0.2) is 61.3 Å². The molecule has 0 radical (unpaired) electrons. The van der Waals surface area contributed by atoms with Crippen LogP contribution in [-0.4, -0.2) is 21.3 Å². The number of rotatable bonds is 3. The molecule has 2 aromatic heterocycles. The van der Waals surface area contributed by atoms with Crippen LogP contribution < -0.4 is 11.1 Å². The van der Waals surface area contributed by atoms with Crippen molar-refractivity contribution >= 4 is 50.1 Å². The second-order valence-corrected chi connectivity index (χ2v) is 7.06. The number of nitrogens with zero attached hydrogens (tertiary/aromatic N) is 3. The topological polar surface area (TPSA) is 81.5 Å². The van der Waals surface area contributed by atoms with E-state index in [4.69, 9.17) is 4.42 Å². The first kappa shape index (κ1) is 17.3. The molecule has 4 rings (SSSR count). The Morgan fingerprint density at radius 3 is 2.70 bits per heavy atom. The van der Waals surface area contributed by atoms with Crippen molar-refractivity contribution < 1.29 is 9.21 Å². The normalized spacial score (nSPS) is 11.7. The molecule has 8 heteroatoms. The van der Waals surface area contributed by atoms with E-state index in [2.05, 4.69) is 26.5 Å². The average Bonchev–Trinajstić information content (AvgIpc) is 3.17. The number of nitrogens with one attached hydrogen (secondary N) is 1. The maximum Gasteiger partial charge on any atom is 0.328 e. The van der Waals surface area contributed by atoms with Crippen molar-refractivity contribution in [2.75, 3.05) is 0 Å². The van der Waals surface area contributed by atoms with Gasteiger partial charge in [-0.1, -0.05) is 22.0 Å². The Labute approximate surface area is 162 Å². The van der Waals surface area contributed by atoms with Crippen molar-refractivity contribution in [3.8, 4) is 0 Å². The van der Waals surface area contributed by atoms with E-state index in [1.807, 2.05) is 30.3 Å².